The lowest BCUT2D eigenvalue weighted by molar-refractivity contribution is 0.0806. The molecular formula is C17H19Cl3O2. The number of halogens is 3. The Balaban J connectivity index is 2.53. The van der Waals surface area contributed by atoms with Crippen molar-refractivity contribution in [2.24, 2.45) is 5.41 Å². The molecule has 2 nitrogen and oxygen atoms in total. The maximum atomic E-state index is 13.0. The predicted octanol–water partition coefficient (Wildman–Crippen LogP) is 6.06. The molecule has 0 N–H and O–H groups in total. The van der Waals surface area contributed by atoms with Gasteiger partial charge in [-0.05, 0) is 37.8 Å². The summed E-state index contributed by atoms with van der Waals surface area (Å²) in [5.41, 5.74) is 0.971. The summed E-state index contributed by atoms with van der Waals surface area (Å²) in [5.74, 6) is 0.572. The van der Waals surface area contributed by atoms with E-state index >= 15 is 0 Å². The van der Waals surface area contributed by atoms with E-state index in [2.05, 4.69) is 6.92 Å². The topological polar surface area (TPSA) is 26.3 Å². The summed E-state index contributed by atoms with van der Waals surface area (Å²) in [6.07, 6.45) is 4.87. The number of allylic oxidation sites excluding steroid dienone is 2. The van der Waals surface area contributed by atoms with Crippen LogP contribution >= 0.6 is 34.8 Å². The fraction of sp³-hybridized carbons (Fsp3) is 0.471. The van der Waals surface area contributed by atoms with Gasteiger partial charge >= 0.3 is 0 Å². The largest absolute Gasteiger partial charge is 0.495 e. The van der Waals surface area contributed by atoms with E-state index in [1.165, 1.54) is 0 Å². The van der Waals surface area contributed by atoms with Crippen LogP contribution in [0.2, 0.25) is 10.0 Å². The van der Waals surface area contributed by atoms with Crippen molar-refractivity contribution in [1.29, 1.82) is 0 Å². The van der Waals surface area contributed by atoms with Gasteiger partial charge in [0.25, 0.3) is 0 Å². The molecule has 1 aromatic rings. The number of hydrogen-bond acceptors (Lipinski definition) is 2. The minimum Gasteiger partial charge on any atom is -0.495 e. The Morgan fingerprint density at radius 3 is 2.64 bits per heavy atom. The number of Topliss-reactive ketones (excluding diaryl/α,β-unsaturated/α-hetero) is 1. The summed E-state index contributed by atoms with van der Waals surface area (Å²) >= 11 is 18.5. The second kappa shape index (κ2) is 6.82. The molecule has 0 saturated carbocycles. The van der Waals surface area contributed by atoms with Gasteiger partial charge in [-0.25, -0.2) is 0 Å². The number of carbonyl (C=O) groups is 1. The number of carbonyl (C=O) groups excluding carboxylic acids is 1. The van der Waals surface area contributed by atoms with Crippen LogP contribution < -0.4 is 4.74 Å². The Bertz CT molecular complexity index is 633. The second-order valence-electron chi connectivity index (χ2n) is 5.77. The second-order valence-corrected chi connectivity index (χ2v) is 7.12. The summed E-state index contributed by atoms with van der Waals surface area (Å²) in [4.78, 5) is 13.0. The van der Waals surface area contributed by atoms with E-state index in [1.807, 2.05) is 19.1 Å². The minimum absolute atomic E-state index is 0.0630. The van der Waals surface area contributed by atoms with Crippen LogP contribution in [-0.4, -0.2) is 12.9 Å². The fourth-order valence-corrected chi connectivity index (χ4v) is 3.78. The third-order valence-electron chi connectivity index (χ3n) is 4.22. The third-order valence-corrected chi connectivity index (χ3v) is 5.22. The molecule has 0 radical (unpaired) electrons. The number of methoxy groups -OCH3 is 1. The zero-order valence-corrected chi connectivity index (χ0v) is 15.2. The standard InChI is InChI=1S/C17H19Cl3O2/c1-4-6-17(7-5-10(2)18)9-11-8-12(22-3)14(19)15(20)13(11)16(17)21/h5,8H,4,6-7,9H2,1-3H3. The van der Waals surface area contributed by atoms with E-state index in [1.54, 1.807) is 7.11 Å². The van der Waals surface area contributed by atoms with Crippen molar-refractivity contribution < 1.29 is 9.53 Å². The highest BCUT2D eigenvalue weighted by molar-refractivity contribution is 6.45. The monoisotopic (exact) mass is 360 g/mol. The molecule has 1 unspecified atom stereocenters. The van der Waals surface area contributed by atoms with Gasteiger partial charge in [-0.15, -0.1) is 0 Å². The summed E-state index contributed by atoms with van der Waals surface area (Å²) in [5, 5.41) is 1.29. The smallest absolute Gasteiger partial charge is 0.171 e. The average molecular weight is 362 g/mol. The van der Waals surface area contributed by atoms with Gasteiger partial charge < -0.3 is 4.74 Å². The van der Waals surface area contributed by atoms with Crippen molar-refractivity contribution in [2.45, 2.75) is 39.5 Å². The number of fused-ring (bicyclic) bond motifs is 1. The highest BCUT2D eigenvalue weighted by Gasteiger charge is 2.45. The zero-order valence-electron chi connectivity index (χ0n) is 12.9. The quantitative estimate of drug-likeness (QED) is 0.637. The molecule has 0 amide bonds. The van der Waals surface area contributed by atoms with Crippen molar-refractivity contribution in [3.63, 3.8) is 0 Å². The lowest BCUT2D eigenvalue weighted by atomic mass is 9.76. The van der Waals surface area contributed by atoms with Gasteiger partial charge in [0.05, 0.1) is 12.1 Å². The number of ketones is 1. The zero-order chi connectivity index (χ0) is 16.5. The molecule has 0 aromatic heterocycles. The summed E-state index contributed by atoms with van der Waals surface area (Å²) < 4.78 is 5.25. The Labute approximate surface area is 146 Å². The molecule has 1 aliphatic rings. The van der Waals surface area contributed by atoms with Crippen molar-refractivity contribution in [3.05, 3.63) is 38.3 Å². The Morgan fingerprint density at radius 1 is 1.41 bits per heavy atom. The van der Waals surface area contributed by atoms with Crippen LogP contribution in [0.5, 0.6) is 5.75 Å². The van der Waals surface area contributed by atoms with Crippen LogP contribution in [-0.2, 0) is 6.42 Å². The maximum absolute atomic E-state index is 13.0. The van der Waals surface area contributed by atoms with Gasteiger partial charge in [0.15, 0.2) is 5.78 Å². The molecule has 0 fully saturated rings. The van der Waals surface area contributed by atoms with Gasteiger partial charge in [0, 0.05) is 16.0 Å². The molecule has 0 saturated heterocycles. The molecule has 1 aromatic carbocycles. The minimum atomic E-state index is -0.480. The van der Waals surface area contributed by atoms with Crippen LogP contribution in [0.25, 0.3) is 0 Å². The van der Waals surface area contributed by atoms with Gasteiger partial charge in [-0.2, -0.15) is 0 Å². The predicted molar refractivity (Wildman–Crippen MR) is 92.6 cm³/mol. The van der Waals surface area contributed by atoms with Crippen LogP contribution in [0.4, 0.5) is 0 Å². The molecule has 0 bridgehead atoms. The van der Waals surface area contributed by atoms with Crippen molar-refractivity contribution in [2.75, 3.05) is 7.11 Å². The lowest BCUT2D eigenvalue weighted by Crippen LogP contribution is -2.27. The number of ether oxygens (including phenoxy) is 1. The first-order chi connectivity index (χ1) is 10.4. The van der Waals surface area contributed by atoms with Crippen molar-refractivity contribution >= 4 is 40.6 Å². The average Bonchev–Trinajstić information content (AvgIpc) is 2.74. The van der Waals surface area contributed by atoms with Crippen molar-refractivity contribution in [3.8, 4) is 5.75 Å². The van der Waals surface area contributed by atoms with Gasteiger partial charge in [-0.3, -0.25) is 4.79 Å². The molecule has 0 spiro atoms. The first-order valence-electron chi connectivity index (χ1n) is 7.28. The normalized spacial score (nSPS) is 21.2. The third kappa shape index (κ3) is 3.02. The van der Waals surface area contributed by atoms with Gasteiger partial charge in [0.1, 0.15) is 10.8 Å². The lowest BCUT2D eigenvalue weighted by Gasteiger charge is -2.25. The van der Waals surface area contributed by atoms with E-state index in [-0.39, 0.29) is 5.78 Å². The Hall–Kier alpha value is -0.700. The van der Waals surface area contributed by atoms with E-state index in [0.29, 0.717) is 39.2 Å². The highest BCUT2D eigenvalue weighted by Crippen LogP contribution is 2.49. The van der Waals surface area contributed by atoms with E-state index in [4.69, 9.17) is 39.5 Å². The van der Waals surface area contributed by atoms with Crippen LogP contribution in [0.15, 0.2) is 17.2 Å². The molecule has 1 atom stereocenters. The number of hydrogen-bond donors (Lipinski definition) is 0. The van der Waals surface area contributed by atoms with E-state index in [0.717, 1.165) is 18.4 Å². The molecule has 5 heteroatoms. The van der Waals surface area contributed by atoms with Crippen LogP contribution in [0, 0.1) is 5.41 Å². The first kappa shape index (κ1) is 17.7. The van der Waals surface area contributed by atoms with E-state index in [9.17, 15) is 4.79 Å². The maximum Gasteiger partial charge on any atom is 0.171 e. The molecular weight excluding hydrogens is 343 g/mol. The molecule has 22 heavy (non-hydrogen) atoms. The van der Waals surface area contributed by atoms with E-state index < -0.39 is 5.41 Å². The molecule has 0 heterocycles. The van der Waals surface area contributed by atoms with Crippen LogP contribution in [0.1, 0.15) is 49.0 Å². The number of rotatable bonds is 5. The summed E-state index contributed by atoms with van der Waals surface area (Å²) in [6, 6.07) is 1.83. The molecule has 1 aliphatic carbocycles. The fourth-order valence-electron chi connectivity index (χ4n) is 3.18. The Morgan fingerprint density at radius 2 is 2.09 bits per heavy atom. The molecule has 0 aliphatic heterocycles. The number of benzene rings is 1. The Kier molecular flexibility index (Phi) is 5.47. The first-order valence-corrected chi connectivity index (χ1v) is 8.41. The SMILES string of the molecule is CCCC1(CC=C(C)Cl)Cc2cc(OC)c(Cl)c(Cl)c2C1=O. The highest BCUT2D eigenvalue weighted by atomic mass is 35.5. The van der Waals surface area contributed by atoms with Gasteiger partial charge in [-0.1, -0.05) is 54.2 Å². The molecule has 120 valence electrons. The van der Waals surface area contributed by atoms with Crippen molar-refractivity contribution in [1.82, 2.24) is 0 Å². The summed E-state index contributed by atoms with van der Waals surface area (Å²) in [6.45, 7) is 3.89. The molecule has 2 rings (SSSR count). The summed E-state index contributed by atoms with van der Waals surface area (Å²) in [7, 11) is 1.54. The van der Waals surface area contributed by atoms with Gasteiger partial charge in [0.2, 0.25) is 0 Å². The van der Waals surface area contributed by atoms with Crippen LogP contribution in [0.3, 0.4) is 0 Å².